The summed E-state index contributed by atoms with van der Waals surface area (Å²) >= 11 is 0. The highest BCUT2D eigenvalue weighted by atomic mass is 35.5. The maximum Gasteiger partial charge on any atom is 0.223 e. The third kappa shape index (κ3) is 4.39. The van der Waals surface area contributed by atoms with Gasteiger partial charge in [0.25, 0.3) is 0 Å². The molecule has 1 aromatic heterocycles. The molecular formula is C17H18ClNO5. The van der Waals surface area contributed by atoms with Crippen molar-refractivity contribution in [3.05, 3.63) is 58.0 Å². The topological polar surface area (TPSA) is 77.6 Å². The van der Waals surface area contributed by atoms with E-state index in [1.54, 1.807) is 18.2 Å². The second-order valence-electron chi connectivity index (χ2n) is 4.59. The van der Waals surface area contributed by atoms with Gasteiger partial charge in [-0.2, -0.15) is 0 Å². The molecule has 0 amide bonds. The molecule has 0 unspecified atom stereocenters. The lowest BCUT2D eigenvalue weighted by molar-refractivity contribution is 0.104. The van der Waals surface area contributed by atoms with Gasteiger partial charge in [0, 0.05) is 23.5 Å². The monoisotopic (exact) mass is 351 g/mol. The number of ether oxygens (including phenoxy) is 3. The minimum atomic E-state index is -0.260. The van der Waals surface area contributed by atoms with E-state index in [4.69, 9.17) is 14.2 Å². The molecule has 0 saturated carbocycles. The number of H-pyrrole nitrogens is 1. The number of nitrogens with one attached hydrogen (secondary N) is 1. The summed E-state index contributed by atoms with van der Waals surface area (Å²) in [5.41, 5.74) is 0.698. The predicted octanol–water partition coefficient (Wildman–Crippen LogP) is 2.72. The maximum absolute atomic E-state index is 12.2. The fourth-order valence-corrected chi connectivity index (χ4v) is 1.98. The Hall–Kier alpha value is -2.73. The molecule has 0 fully saturated rings. The Morgan fingerprint density at radius 2 is 1.67 bits per heavy atom. The van der Waals surface area contributed by atoms with Crippen LogP contribution in [0.1, 0.15) is 16.1 Å². The molecule has 0 aliphatic carbocycles. The number of halogens is 1. The minimum absolute atomic E-state index is 0. The van der Waals surface area contributed by atoms with Gasteiger partial charge in [0.2, 0.25) is 5.43 Å². The van der Waals surface area contributed by atoms with Gasteiger partial charge in [-0.05, 0) is 30.4 Å². The lowest BCUT2D eigenvalue weighted by Crippen LogP contribution is -2.05. The Morgan fingerprint density at radius 1 is 1.00 bits per heavy atom. The zero-order valence-corrected chi connectivity index (χ0v) is 14.3. The van der Waals surface area contributed by atoms with Gasteiger partial charge in [0.1, 0.15) is 0 Å². The summed E-state index contributed by atoms with van der Waals surface area (Å²) in [6.07, 6.45) is 4.35. The van der Waals surface area contributed by atoms with E-state index in [1.807, 2.05) is 0 Å². The first-order valence-corrected chi connectivity index (χ1v) is 6.80. The fourth-order valence-electron chi connectivity index (χ4n) is 1.98. The molecule has 1 heterocycles. The fraction of sp³-hybridized carbons (Fsp3) is 0.176. The Kier molecular flexibility index (Phi) is 7.07. The van der Waals surface area contributed by atoms with Gasteiger partial charge in [-0.15, -0.1) is 12.4 Å². The van der Waals surface area contributed by atoms with Crippen LogP contribution in [0.3, 0.4) is 0 Å². The molecule has 0 bridgehead atoms. The summed E-state index contributed by atoms with van der Waals surface area (Å²) in [5, 5.41) is 0. The molecule has 1 N–H and O–H groups in total. The van der Waals surface area contributed by atoms with Crippen LogP contribution in [0.25, 0.3) is 6.08 Å². The Labute approximate surface area is 145 Å². The average molecular weight is 352 g/mol. The zero-order chi connectivity index (χ0) is 16.8. The molecule has 1 aromatic carbocycles. The van der Waals surface area contributed by atoms with Crippen molar-refractivity contribution >= 4 is 24.3 Å². The van der Waals surface area contributed by atoms with Crippen LogP contribution in [-0.4, -0.2) is 32.1 Å². The van der Waals surface area contributed by atoms with Crippen molar-refractivity contribution in [1.29, 1.82) is 0 Å². The Bertz CT molecular complexity index is 798. The van der Waals surface area contributed by atoms with Crippen molar-refractivity contribution in [2.45, 2.75) is 0 Å². The van der Waals surface area contributed by atoms with Gasteiger partial charge >= 0.3 is 0 Å². The average Bonchev–Trinajstić information content (AvgIpc) is 2.59. The third-order valence-corrected chi connectivity index (χ3v) is 3.20. The maximum atomic E-state index is 12.2. The largest absolute Gasteiger partial charge is 0.493 e. The number of rotatable bonds is 6. The number of ketones is 1. The number of aromatic amines is 1. The van der Waals surface area contributed by atoms with E-state index in [0.717, 1.165) is 0 Å². The molecule has 0 aliphatic heterocycles. The quantitative estimate of drug-likeness (QED) is 0.639. The van der Waals surface area contributed by atoms with Crippen LogP contribution in [-0.2, 0) is 0 Å². The number of carbonyl (C=O) groups excluding carboxylic acids is 1. The zero-order valence-electron chi connectivity index (χ0n) is 13.5. The van der Waals surface area contributed by atoms with E-state index < -0.39 is 0 Å². The van der Waals surface area contributed by atoms with Crippen LogP contribution in [0.5, 0.6) is 17.2 Å². The Balaban J connectivity index is 0.00000288. The summed E-state index contributed by atoms with van der Waals surface area (Å²) in [6.45, 7) is 0. The van der Waals surface area contributed by atoms with E-state index in [-0.39, 0.29) is 29.4 Å². The van der Waals surface area contributed by atoms with E-state index >= 15 is 0 Å². The summed E-state index contributed by atoms with van der Waals surface area (Å²) < 4.78 is 15.2. The van der Waals surface area contributed by atoms with Crippen molar-refractivity contribution in [2.24, 2.45) is 0 Å². The van der Waals surface area contributed by atoms with Gasteiger partial charge in [-0.1, -0.05) is 0 Å². The summed E-state index contributed by atoms with van der Waals surface area (Å²) in [7, 11) is 4.45. The van der Waals surface area contributed by atoms with Crippen LogP contribution >= 0.6 is 12.4 Å². The lowest BCUT2D eigenvalue weighted by Gasteiger charge is -2.08. The normalized spacial score (nSPS) is 10.1. The van der Waals surface area contributed by atoms with Gasteiger partial charge in [-0.25, -0.2) is 0 Å². The number of allylic oxidation sites excluding steroid dienone is 1. The van der Waals surface area contributed by atoms with Crippen molar-refractivity contribution in [2.75, 3.05) is 21.3 Å². The number of hydrogen-bond donors (Lipinski definition) is 1. The first-order valence-electron chi connectivity index (χ1n) is 6.80. The molecule has 2 rings (SSSR count). The van der Waals surface area contributed by atoms with Gasteiger partial charge in [0.15, 0.2) is 23.0 Å². The van der Waals surface area contributed by atoms with Gasteiger partial charge in [0.05, 0.1) is 21.3 Å². The second-order valence-corrected chi connectivity index (χ2v) is 4.59. The van der Waals surface area contributed by atoms with E-state index in [2.05, 4.69) is 4.98 Å². The number of pyridine rings is 1. The summed E-state index contributed by atoms with van der Waals surface area (Å²) in [6, 6.07) is 6.26. The molecule has 6 nitrogen and oxygen atoms in total. The molecule has 7 heteroatoms. The number of carbonyl (C=O) groups is 1. The van der Waals surface area contributed by atoms with Crippen molar-refractivity contribution in [3.63, 3.8) is 0 Å². The van der Waals surface area contributed by atoms with Crippen molar-refractivity contribution in [1.82, 2.24) is 4.98 Å². The van der Waals surface area contributed by atoms with Crippen LogP contribution in [0, 0.1) is 0 Å². The number of benzene rings is 1. The van der Waals surface area contributed by atoms with Crippen molar-refractivity contribution in [3.8, 4) is 17.2 Å². The first kappa shape index (κ1) is 19.3. The Morgan fingerprint density at radius 3 is 2.25 bits per heavy atom. The highest BCUT2D eigenvalue weighted by molar-refractivity contribution is 6.07. The highest BCUT2D eigenvalue weighted by Crippen LogP contribution is 2.27. The van der Waals surface area contributed by atoms with Crippen LogP contribution in [0.4, 0.5) is 0 Å². The molecule has 0 saturated heterocycles. The predicted molar refractivity (Wildman–Crippen MR) is 93.8 cm³/mol. The SMILES string of the molecule is COc1ccc(C(=O)C=Cc2cc(=O)c(OC)c[nH]2)cc1OC.Cl. The number of hydrogen-bond acceptors (Lipinski definition) is 5. The molecular weight excluding hydrogens is 334 g/mol. The molecule has 2 aromatic rings. The smallest absolute Gasteiger partial charge is 0.223 e. The summed E-state index contributed by atoms with van der Waals surface area (Å²) in [5.74, 6) is 1.02. The van der Waals surface area contributed by atoms with Gasteiger partial charge < -0.3 is 19.2 Å². The highest BCUT2D eigenvalue weighted by Gasteiger charge is 2.08. The number of methoxy groups -OCH3 is 3. The molecule has 0 atom stereocenters. The van der Waals surface area contributed by atoms with Crippen LogP contribution < -0.4 is 19.6 Å². The van der Waals surface area contributed by atoms with Crippen LogP contribution in [0.2, 0.25) is 0 Å². The molecule has 0 spiro atoms. The standard InChI is InChI=1S/C17H17NO5.ClH/c1-21-15-7-4-11(8-16(15)22-2)13(19)6-5-12-9-14(20)17(23-3)10-18-12;/h4-10H,1-3H3,(H,18,20);1H. The molecule has 128 valence electrons. The first-order chi connectivity index (χ1) is 11.1. The second kappa shape index (κ2) is 8.79. The molecule has 0 aliphatic rings. The van der Waals surface area contributed by atoms with Crippen molar-refractivity contribution < 1.29 is 19.0 Å². The lowest BCUT2D eigenvalue weighted by atomic mass is 10.1. The molecule has 24 heavy (non-hydrogen) atoms. The van der Waals surface area contributed by atoms with E-state index in [9.17, 15) is 9.59 Å². The van der Waals surface area contributed by atoms with Gasteiger partial charge in [-0.3, -0.25) is 9.59 Å². The van der Waals surface area contributed by atoms with Crippen LogP contribution in [0.15, 0.2) is 41.3 Å². The minimum Gasteiger partial charge on any atom is -0.493 e. The van der Waals surface area contributed by atoms with E-state index in [1.165, 1.54) is 45.7 Å². The number of aromatic nitrogens is 1. The third-order valence-electron chi connectivity index (χ3n) is 3.20. The summed E-state index contributed by atoms with van der Waals surface area (Å²) in [4.78, 5) is 26.7. The van der Waals surface area contributed by atoms with E-state index in [0.29, 0.717) is 22.8 Å². The molecule has 0 radical (unpaired) electrons.